The van der Waals surface area contributed by atoms with Crippen molar-refractivity contribution in [1.82, 2.24) is 15.2 Å². The van der Waals surface area contributed by atoms with Crippen molar-refractivity contribution in [3.05, 3.63) is 23.9 Å². The topological polar surface area (TPSA) is 65.5 Å². The molecule has 2 unspecified atom stereocenters. The van der Waals surface area contributed by atoms with Gasteiger partial charge < -0.3 is 15.1 Å². The third-order valence-corrected chi connectivity index (χ3v) is 8.37. The highest BCUT2D eigenvalue weighted by molar-refractivity contribution is 5.84. The van der Waals surface area contributed by atoms with E-state index in [9.17, 15) is 22.8 Å². The van der Waals surface area contributed by atoms with E-state index in [2.05, 4.69) is 24.1 Å². The Labute approximate surface area is 205 Å². The van der Waals surface area contributed by atoms with Gasteiger partial charge in [-0.25, -0.2) is 4.98 Å². The standard InChI is InChI=1S/C26H37F3N4O2/c1-18(2)25(10-8-21(17-25)31-23(34)19-6-4-3-5-7-19)24(35)33-14-12-32(13-15-33)22-16-20(9-11-30-22)26(27,28)29/h9,11,16,18-19,21H,3-8,10,12-15,17H2,1-2H3,(H,31,34). The number of anilines is 1. The third-order valence-electron chi connectivity index (χ3n) is 8.37. The van der Waals surface area contributed by atoms with Gasteiger partial charge in [-0.15, -0.1) is 0 Å². The number of piperazine rings is 1. The second-order valence-corrected chi connectivity index (χ2v) is 10.8. The minimum Gasteiger partial charge on any atom is -0.353 e. The highest BCUT2D eigenvalue weighted by Crippen LogP contribution is 2.46. The van der Waals surface area contributed by atoms with Crippen molar-refractivity contribution in [2.24, 2.45) is 17.3 Å². The van der Waals surface area contributed by atoms with E-state index in [-0.39, 0.29) is 35.5 Å². The predicted molar refractivity (Wildman–Crippen MR) is 128 cm³/mol. The molecule has 1 aromatic heterocycles. The Hall–Kier alpha value is -2.32. The monoisotopic (exact) mass is 494 g/mol. The lowest BCUT2D eigenvalue weighted by molar-refractivity contribution is -0.145. The lowest BCUT2D eigenvalue weighted by Gasteiger charge is -2.42. The second kappa shape index (κ2) is 10.3. The molecule has 6 nitrogen and oxygen atoms in total. The van der Waals surface area contributed by atoms with Crippen molar-refractivity contribution >= 4 is 17.6 Å². The average molecular weight is 495 g/mol. The van der Waals surface area contributed by atoms with Crippen molar-refractivity contribution in [3.63, 3.8) is 0 Å². The molecule has 1 aromatic rings. The van der Waals surface area contributed by atoms with Crippen molar-refractivity contribution in [1.29, 1.82) is 0 Å². The van der Waals surface area contributed by atoms with Crippen LogP contribution in [0.2, 0.25) is 0 Å². The van der Waals surface area contributed by atoms with E-state index in [1.807, 2.05) is 9.80 Å². The molecule has 1 N–H and O–H groups in total. The number of nitrogens with one attached hydrogen (secondary N) is 1. The normalized spacial score (nSPS) is 26.3. The SMILES string of the molecule is CC(C)C1(C(=O)N2CCN(c3cc(C(F)(F)F)ccn3)CC2)CCC(NC(=O)C2CCCCC2)C1. The molecular weight excluding hydrogens is 457 g/mol. The van der Waals surface area contributed by atoms with Crippen LogP contribution in [-0.2, 0) is 15.8 Å². The first-order valence-corrected chi connectivity index (χ1v) is 13.0. The fraction of sp³-hybridized carbons (Fsp3) is 0.731. The number of pyridine rings is 1. The van der Waals surface area contributed by atoms with E-state index in [1.54, 1.807) is 0 Å². The van der Waals surface area contributed by atoms with Crippen LogP contribution < -0.4 is 10.2 Å². The molecule has 2 saturated carbocycles. The van der Waals surface area contributed by atoms with Gasteiger partial charge in [-0.3, -0.25) is 9.59 Å². The number of alkyl halides is 3. The van der Waals surface area contributed by atoms with Crippen molar-refractivity contribution in [3.8, 4) is 0 Å². The number of hydrogen-bond acceptors (Lipinski definition) is 4. The molecule has 2 heterocycles. The number of halogens is 3. The summed E-state index contributed by atoms with van der Waals surface area (Å²) < 4.78 is 39.3. The van der Waals surface area contributed by atoms with Crippen LogP contribution in [0.4, 0.5) is 19.0 Å². The average Bonchev–Trinajstić information content (AvgIpc) is 3.29. The van der Waals surface area contributed by atoms with Gasteiger partial charge in [0.2, 0.25) is 11.8 Å². The molecule has 0 aromatic carbocycles. The highest BCUT2D eigenvalue weighted by Gasteiger charge is 2.50. The van der Waals surface area contributed by atoms with Crippen LogP contribution in [0.25, 0.3) is 0 Å². The Kier molecular flexibility index (Phi) is 7.62. The largest absolute Gasteiger partial charge is 0.416 e. The van der Waals surface area contributed by atoms with Crippen LogP contribution in [0, 0.1) is 17.3 Å². The Morgan fingerprint density at radius 3 is 2.40 bits per heavy atom. The van der Waals surface area contributed by atoms with Crippen molar-refractivity contribution in [2.45, 2.75) is 77.4 Å². The molecule has 3 fully saturated rings. The van der Waals surface area contributed by atoms with Gasteiger partial charge in [0.25, 0.3) is 0 Å². The summed E-state index contributed by atoms with van der Waals surface area (Å²) in [6.45, 7) is 5.93. The number of amides is 2. The Morgan fingerprint density at radius 2 is 1.77 bits per heavy atom. The number of nitrogens with zero attached hydrogens (tertiary/aromatic N) is 3. The van der Waals surface area contributed by atoms with Crippen molar-refractivity contribution in [2.75, 3.05) is 31.1 Å². The van der Waals surface area contributed by atoms with E-state index in [0.717, 1.165) is 50.7 Å². The molecule has 1 aliphatic heterocycles. The molecule has 0 radical (unpaired) electrons. The molecule has 0 bridgehead atoms. The first kappa shape index (κ1) is 25.8. The summed E-state index contributed by atoms with van der Waals surface area (Å²) in [6, 6.07) is 2.06. The van der Waals surface area contributed by atoms with Gasteiger partial charge in [0.15, 0.2) is 0 Å². The highest BCUT2D eigenvalue weighted by atomic mass is 19.4. The number of carbonyl (C=O) groups is 2. The molecular formula is C26H37F3N4O2. The predicted octanol–water partition coefficient (Wildman–Crippen LogP) is 4.64. The van der Waals surface area contributed by atoms with Crippen LogP contribution in [0.1, 0.15) is 70.8 Å². The number of aromatic nitrogens is 1. The quantitative estimate of drug-likeness (QED) is 0.648. The van der Waals surface area contributed by atoms with E-state index in [1.165, 1.54) is 12.6 Å². The van der Waals surface area contributed by atoms with Gasteiger partial charge in [0.05, 0.1) is 11.0 Å². The van der Waals surface area contributed by atoms with Crippen molar-refractivity contribution < 1.29 is 22.8 Å². The minimum absolute atomic E-state index is 0.0198. The first-order valence-electron chi connectivity index (χ1n) is 13.0. The summed E-state index contributed by atoms with van der Waals surface area (Å²) in [4.78, 5) is 34.3. The molecule has 194 valence electrons. The molecule has 0 spiro atoms. The lowest BCUT2D eigenvalue weighted by atomic mass is 9.74. The zero-order chi connectivity index (χ0) is 25.2. The molecule has 35 heavy (non-hydrogen) atoms. The number of carbonyl (C=O) groups excluding carboxylic acids is 2. The second-order valence-electron chi connectivity index (χ2n) is 10.8. The minimum atomic E-state index is -4.41. The zero-order valence-corrected chi connectivity index (χ0v) is 20.7. The summed E-state index contributed by atoms with van der Waals surface area (Å²) in [5.41, 5.74) is -1.23. The Balaban J connectivity index is 1.37. The van der Waals surface area contributed by atoms with Crippen LogP contribution in [0.15, 0.2) is 18.3 Å². The summed E-state index contributed by atoms with van der Waals surface area (Å²) in [5, 5.41) is 3.24. The molecule has 9 heteroatoms. The lowest BCUT2D eigenvalue weighted by Crippen LogP contribution is -2.54. The molecule has 2 amide bonds. The van der Waals surface area contributed by atoms with E-state index in [0.29, 0.717) is 32.6 Å². The van der Waals surface area contributed by atoms with E-state index in [4.69, 9.17) is 0 Å². The number of hydrogen-bond donors (Lipinski definition) is 1. The summed E-state index contributed by atoms with van der Waals surface area (Å²) in [5.74, 6) is 0.778. The molecule has 3 aliphatic rings. The summed E-state index contributed by atoms with van der Waals surface area (Å²) in [6.07, 6.45) is 4.31. The van der Waals surface area contributed by atoms with Gasteiger partial charge in [0.1, 0.15) is 5.82 Å². The first-order chi connectivity index (χ1) is 16.6. The third kappa shape index (κ3) is 5.59. The molecule has 2 atom stereocenters. The maximum Gasteiger partial charge on any atom is 0.416 e. The van der Waals surface area contributed by atoms with Gasteiger partial charge in [-0.05, 0) is 50.2 Å². The fourth-order valence-corrected chi connectivity index (χ4v) is 6.07. The van der Waals surface area contributed by atoms with Crippen LogP contribution >= 0.6 is 0 Å². The van der Waals surface area contributed by atoms with Gasteiger partial charge in [-0.2, -0.15) is 13.2 Å². The zero-order valence-electron chi connectivity index (χ0n) is 20.7. The van der Waals surface area contributed by atoms with Crippen LogP contribution in [-0.4, -0.2) is 53.9 Å². The summed E-state index contributed by atoms with van der Waals surface area (Å²) in [7, 11) is 0. The molecule has 2 aliphatic carbocycles. The van der Waals surface area contributed by atoms with E-state index < -0.39 is 17.2 Å². The van der Waals surface area contributed by atoms with Gasteiger partial charge in [-0.1, -0.05) is 33.1 Å². The Morgan fingerprint density at radius 1 is 1.09 bits per heavy atom. The fourth-order valence-electron chi connectivity index (χ4n) is 6.07. The summed E-state index contributed by atoms with van der Waals surface area (Å²) >= 11 is 0. The maximum absolute atomic E-state index is 13.8. The Bertz CT molecular complexity index is 908. The smallest absolute Gasteiger partial charge is 0.353 e. The number of rotatable bonds is 5. The van der Waals surface area contributed by atoms with Crippen LogP contribution in [0.3, 0.4) is 0 Å². The molecule has 1 saturated heterocycles. The maximum atomic E-state index is 13.8. The van der Waals surface area contributed by atoms with E-state index >= 15 is 0 Å². The van der Waals surface area contributed by atoms with Crippen LogP contribution in [0.5, 0.6) is 0 Å². The molecule has 4 rings (SSSR count). The van der Waals surface area contributed by atoms with Gasteiger partial charge in [0, 0.05) is 44.3 Å². The van der Waals surface area contributed by atoms with Gasteiger partial charge >= 0.3 is 6.18 Å².